The summed E-state index contributed by atoms with van der Waals surface area (Å²) in [4.78, 5) is 23.9. The molecular formula is C15H23N3O3. The van der Waals surface area contributed by atoms with Crippen LogP contribution in [0.1, 0.15) is 53.8 Å². The molecule has 0 saturated heterocycles. The Morgan fingerprint density at radius 2 is 1.90 bits per heavy atom. The van der Waals surface area contributed by atoms with Gasteiger partial charge in [0.25, 0.3) is 5.91 Å². The van der Waals surface area contributed by atoms with Crippen molar-refractivity contribution in [1.82, 2.24) is 15.1 Å². The summed E-state index contributed by atoms with van der Waals surface area (Å²) in [5, 5.41) is 16.5. The number of carboxylic acid groups (broad SMARTS) is 1. The fourth-order valence-corrected chi connectivity index (χ4v) is 3.12. The van der Waals surface area contributed by atoms with Crippen molar-refractivity contribution in [3.63, 3.8) is 0 Å². The van der Waals surface area contributed by atoms with Crippen LogP contribution < -0.4 is 5.32 Å². The summed E-state index contributed by atoms with van der Waals surface area (Å²) < 4.78 is 1.67. The van der Waals surface area contributed by atoms with Crippen LogP contribution in [0.2, 0.25) is 0 Å². The Labute approximate surface area is 124 Å². The first-order chi connectivity index (χ1) is 9.91. The van der Waals surface area contributed by atoms with Gasteiger partial charge in [0.1, 0.15) is 0 Å². The van der Waals surface area contributed by atoms with E-state index in [4.69, 9.17) is 0 Å². The molecular weight excluding hydrogens is 270 g/mol. The molecule has 2 rings (SSSR count). The zero-order valence-electron chi connectivity index (χ0n) is 12.8. The lowest BCUT2D eigenvalue weighted by atomic mass is 9.94. The Morgan fingerprint density at radius 1 is 1.24 bits per heavy atom. The normalized spacial score (nSPS) is 22.6. The molecule has 6 nitrogen and oxygen atoms in total. The summed E-state index contributed by atoms with van der Waals surface area (Å²) >= 11 is 0. The lowest BCUT2D eigenvalue weighted by Crippen LogP contribution is -2.43. The first-order valence-electron chi connectivity index (χ1n) is 7.45. The Hall–Kier alpha value is -1.85. The van der Waals surface area contributed by atoms with Crippen LogP contribution in [0.25, 0.3) is 0 Å². The minimum absolute atomic E-state index is 0.212. The zero-order valence-corrected chi connectivity index (χ0v) is 12.8. The summed E-state index contributed by atoms with van der Waals surface area (Å²) in [6, 6.07) is -0.295. The van der Waals surface area contributed by atoms with Crippen LogP contribution in [0.3, 0.4) is 0 Å². The minimum Gasteiger partial charge on any atom is -0.481 e. The van der Waals surface area contributed by atoms with Gasteiger partial charge >= 0.3 is 5.97 Å². The third-order valence-electron chi connectivity index (χ3n) is 4.39. The van der Waals surface area contributed by atoms with Crippen LogP contribution in [0.5, 0.6) is 0 Å². The van der Waals surface area contributed by atoms with Gasteiger partial charge in [0.2, 0.25) is 0 Å². The molecule has 1 aromatic rings. The molecule has 1 fully saturated rings. The second-order valence-electron chi connectivity index (χ2n) is 5.83. The molecule has 2 N–H and O–H groups in total. The number of aliphatic carboxylic acids is 1. The van der Waals surface area contributed by atoms with Crippen molar-refractivity contribution in [2.45, 2.75) is 52.0 Å². The number of nitrogens with one attached hydrogen (secondary N) is 1. The number of carbonyl (C=O) groups excluding carboxylic acids is 1. The highest BCUT2D eigenvalue weighted by Crippen LogP contribution is 2.24. The summed E-state index contributed by atoms with van der Waals surface area (Å²) in [7, 11) is 1.80. The van der Waals surface area contributed by atoms with Crippen LogP contribution in [0.15, 0.2) is 0 Å². The van der Waals surface area contributed by atoms with Gasteiger partial charge in [-0.25, -0.2) is 0 Å². The van der Waals surface area contributed by atoms with E-state index < -0.39 is 11.9 Å². The Balaban J connectivity index is 2.18. The minimum atomic E-state index is -0.818. The molecule has 21 heavy (non-hydrogen) atoms. The first kappa shape index (κ1) is 15.5. The predicted molar refractivity (Wildman–Crippen MR) is 78.1 cm³/mol. The molecule has 6 heteroatoms. The Bertz CT molecular complexity index is 551. The predicted octanol–water partition coefficient (Wildman–Crippen LogP) is 1.80. The largest absolute Gasteiger partial charge is 0.481 e. The van der Waals surface area contributed by atoms with Gasteiger partial charge in [0.05, 0.1) is 17.2 Å². The summed E-state index contributed by atoms with van der Waals surface area (Å²) in [6.07, 6.45) is 4.25. The molecule has 1 saturated carbocycles. The molecule has 0 bridgehead atoms. The second-order valence-corrected chi connectivity index (χ2v) is 5.83. The average molecular weight is 293 g/mol. The third kappa shape index (κ3) is 3.25. The monoisotopic (exact) mass is 293 g/mol. The van der Waals surface area contributed by atoms with Crippen molar-refractivity contribution < 1.29 is 14.7 Å². The highest BCUT2D eigenvalue weighted by atomic mass is 16.4. The standard InChI is InChI=1S/C15H23N3O3/c1-9-13(10(2)18(3)17-9)14(19)16-12-8-6-4-5-7-11(12)15(20)21/h11-12H,4-8H2,1-3H3,(H,16,19)(H,20,21)/t11-,12+/m1/s1. The van der Waals surface area contributed by atoms with Gasteiger partial charge < -0.3 is 10.4 Å². The number of carboxylic acids is 1. The molecule has 1 heterocycles. The van der Waals surface area contributed by atoms with Gasteiger partial charge in [-0.2, -0.15) is 5.10 Å². The highest BCUT2D eigenvalue weighted by Gasteiger charge is 2.31. The van der Waals surface area contributed by atoms with Crippen molar-refractivity contribution in [3.05, 3.63) is 17.0 Å². The van der Waals surface area contributed by atoms with E-state index >= 15 is 0 Å². The van der Waals surface area contributed by atoms with E-state index in [0.29, 0.717) is 17.7 Å². The average Bonchev–Trinajstić information content (AvgIpc) is 2.58. The van der Waals surface area contributed by atoms with Crippen molar-refractivity contribution in [1.29, 1.82) is 0 Å². The van der Waals surface area contributed by atoms with Crippen molar-refractivity contribution in [2.24, 2.45) is 13.0 Å². The van der Waals surface area contributed by atoms with Crippen LogP contribution in [0, 0.1) is 19.8 Å². The van der Waals surface area contributed by atoms with E-state index in [2.05, 4.69) is 10.4 Å². The van der Waals surface area contributed by atoms with Gasteiger partial charge in [0, 0.05) is 18.8 Å². The third-order valence-corrected chi connectivity index (χ3v) is 4.39. The topological polar surface area (TPSA) is 84.2 Å². The van der Waals surface area contributed by atoms with Crippen molar-refractivity contribution in [2.75, 3.05) is 0 Å². The van der Waals surface area contributed by atoms with E-state index in [1.165, 1.54) is 0 Å². The molecule has 1 amide bonds. The van der Waals surface area contributed by atoms with E-state index in [9.17, 15) is 14.7 Å². The molecule has 0 aromatic carbocycles. The second kappa shape index (κ2) is 6.28. The maximum Gasteiger partial charge on any atom is 0.308 e. The number of rotatable bonds is 3. The Kier molecular flexibility index (Phi) is 4.65. The molecule has 2 atom stereocenters. The number of aromatic nitrogens is 2. The first-order valence-corrected chi connectivity index (χ1v) is 7.45. The maximum atomic E-state index is 12.5. The van der Waals surface area contributed by atoms with E-state index in [1.807, 2.05) is 6.92 Å². The smallest absolute Gasteiger partial charge is 0.308 e. The fraction of sp³-hybridized carbons (Fsp3) is 0.667. The van der Waals surface area contributed by atoms with Crippen LogP contribution in [-0.2, 0) is 11.8 Å². The van der Waals surface area contributed by atoms with E-state index in [1.54, 1.807) is 18.7 Å². The summed E-state index contributed by atoms with van der Waals surface area (Å²) in [5.74, 6) is -1.52. The number of nitrogens with zero attached hydrogens (tertiary/aromatic N) is 2. The molecule has 0 unspecified atom stereocenters. The molecule has 116 valence electrons. The van der Waals surface area contributed by atoms with Gasteiger partial charge in [0.15, 0.2) is 0 Å². The van der Waals surface area contributed by atoms with E-state index in [0.717, 1.165) is 31.4 Å². The van der Waals surface area contributed by atoms with Crippen LogP contribution >= 0.6 is 0 Å². The van der Waals surface area contributed by atoms with Gasteiger partial charge in [-0.15, -0.1) is 0 Å². The number of hydrogen-bond donors (Lipinski definition) is 2. The number of aryl methyl sites for hydroxylation is 2. The lowest BCUT2D eigenvalue weighted by Gasteiger charge is -2.23. The van der Waals surface area contributed by atoms with E-state index in [-0.39, 0.29) is 11.9 Å². The summed E-state index contributed by atoms with van der Waals surface area (Å²) in [6.45, 7) is 3.64. The molecule has 1 aliphatic carbocycles. The number of carbonyl (C=O) groups is 2. The SMILES string of the molecule is Cc1nn(C)c(C)c1C(=O)N[C@H]1CCCCC[C@H]1C(=O)O. The molecule has 0 radical (unpaired) electrons. The number of amides is 1. The quantitative estimate of drug-likeness (QED) is 0.832. The Morgan fingerprint density at radius 3 is 2.48 bits per heavy atom. The highest BCUT2D eigenvalue weighted by molar-refractivity contribution is 5.96. The maximum absolute atomic E-state index is 12.5. The van der Waals surface area contributed by atoms with Gasteiger partial charge in [-0.3, -0.25) is 14.3 Å². The molecule has 0 spiro atoms. The van der Waals surface area contributed by atoms with Crippen LogP contribution in [-0.4, -0.2) is 32.8 Å². The molecule has 1 aliphatic rings. The molecule has 0 aliphatic heterocycles. The lowest BCUT2D eigenvalue weighted by molar-refractivity contribution is -0.142. The van der Waals surface area contributed by atoms with Gasteiger partial charge in [-0.1, -0.05) is 19.3 Å². The fourth-order valence-electron chi connectivity index (χ4n) is 3.12. The number of hydrogen-bond acceptors (Lipinski definition) is 3. The van der Waals surface area contributed by atoms with Crippen molar-refractivity contribution in [3.8, 4) is 0 Å². The van der Waals surface area contributed by atoms with Crippen molar-refractivity contribution >= 4 is 11.9 Å². The zero-order chi connectivity index (χ0) is 15.6. The van der Waals surface area contributed by atoms with Crippen LogP contribution in [0.4, 0.5) is 0 Å². The van der Waals surface area contributed by atoms with Gasteiger partial charge in [-0.05, 0) is 26.7 Å². The molecule has 1 aromatic heterocycles. The summed E-state index contributed by atoms with van der Waals surface area (Å²) in [5.41, 5.74) is 2.03.